The predicted molar refractivity (Wildman–Crippen MR) is 64.7 cm³/mol. The summed E-state index contributed by atoms with van der Waals surface area (Å²) >= 11 is 0. The van der Waals surface area contributed by atoms with E-state index in [4.69, 9.17) is 4.42 Å². The van der Waals surface area contributed by atoms with Crippen LogP contribution in [-0.4, -0.2) is 14.9 Å². The summed E-state index contributed by atoms with van der Waals surface area (Å²) in [7, 11) is 1.90. The maximum absolute atomic E-state index is 10.1. The van der Waals surface area contributed by atoms with Gasteiger partial charge in [-0.05, 0) is 31.5 Å². The van der Waals surface area contributed by atoms with Gasteiger partial charge >= 0.3 is 0 Å². The number of furan rings is 1. The molecule has 2 heterocycles. The third kappa shape index (κ3) is 2.58. The Hall–Kier alpha value is -1.55. The van der Waals surface area contributed by atoms with Crippen LogP contribution in [0.15, 0.2) is 22.6 Å². The Kier molecular flexibility index (Phi) is 3.33. The average molecular weight is 234 g/mol. The SMILES string of the molecule is CCc1cc(CC(O)c2ccc(C)o2)n(C)n1. The molecule has 2 rings (SSSR count). The van der Waals surface area contributed by atoms with Gasteiger partial charge in [-0.2, -0.15) is 5.10 Å². The maximum Gasteiger partial charge on any atom is 0.133 e. The molecular weight excluding hydrogens is 216 g/mol. The molecule has 0 saturated heterocycles. The number of aliphatic hydroxyl groups is 1. The Labute approximate surface area is 101 Å². The first-order valence-corrected chi connectivity index (χ1v) is 5.86. The van der Waals surface area contributed by atoms with Crippen molar-refractivity contribution in [1.29, 1.82) is 0 Å². The number of hydrogen-bond donors (Lipinski definition) is 1. The molecule has 0 aliphatic carbocycles. The first kappa shape index (κ1) is 11.9. The molecule has 0 saturated carbocycles. The maximum atomic E-state index is 10.1. The summed E-state index contributed by atoms with van der Waals surface area (Å²) in [4.78, 5) is 0. The van der Waals surface area contributed by atoms with E-state index in [-0.39, 0.29) is 0 Å². The van der Waals surface area contributed by atoms with Gasteiger partial charge in [0.25, 0.3) is 0 Å². The van der Waals surface area contributed by atoms with Crippen molar-refractivity contribution in [2.45, 2.75) is 32.8 Å². The zero-order valence-electron chi connectivity index (χ0n) is 10.5. The van der Waals surface area contributed by atoms with Crippen LogP contribution < -0.4 is 0 Å². The molecule has 0 aliphatic rings. The van der Waals surface area contributed by atoms with Crippen LogP contribution in [0.3, 0.4) is 0 Å². The van der Waals surface area contributed by atoms with Crippen molar-refractivity contribution >= 4 is 0 Å². The van der Waals surface area contributed by atoms with Gasteiger partial charge in [-0.1, -0.05) is 6.92 Å². The third-order valence-electron chi connectivity index (χ3n) is 2.88. The monoisotopic (exact) mass is 234 g/mol. The molecule has 0 bridgehead atoms. The van der Waals surface area contributed by atoms with Crippen molar-refractivity contribution in [3.05, 3.63) is 41.1 Å². The van der Waals surface area contributed by atoms with E-state index < -0.39 is 6.10 Å². The lowest BCUT2D eigenvalue weighted by atomic mass is 10.1. The van der Waals surface area contributed by atoms with E-state index in [2.05, 4.69) is 12.0 Å². The predicted octanol–water partition coefficient (Wildman–Crippen LogP) is 2.16. The second kappa shape index (κ2) is 4.75. The minimum absolute atomic E-state index is 0.524. The summed E-state index contributed by atoms with van der Waals surface area (Å²) in [6.07, 6.45) is 0.823. The molecule has 0 amide bonds. The molecule has 4 heteroatoms. The lowest BCUT2D eigenvalue weighted by Crippen LogP contribution is -2.05. The highest BCUT2D eigenvalue weighted by Crippen LogP contribution is 2.20. The van der Waals surface area contributed by atoms with Gasteiger partial charge in [0.2, 0.25) is 0 Å². The van der Waals surface area contributed by atoms with Gasteiger partial charge in [-0.25, -0.2) is 0 Å². The summed E-state index contributed by atoms with van der Waals surface area (Å²) in [6, 6.07) is 5.70. The van der Waals surface area contributed by atoms with Crippen LogP contribution in [0.25, 0.3) is 0 Å². The molecule has 4 nitrogen and oxygen atoms in total. The van der Waals surface area contributed by atoms with Crippen molar-refractivity contribution in [2.75, 3.05) is 0 Å². The van der Waals surface area contributed by atoms with Crippen LogP contribution in [0.5, 0.6) is 0 Å². The Morgan fingerprint density at radius 1 is 1.47 bits per heavy atom. The largest absolute Gasteiger partial charge is 0.464 e. The summed E-state index contributed by atoms with van der Waals surface area (Å²) in [5, 5.41) is 14.4. The van der Waals surface area contributed by atoms with E-state index in [0.717, 1.165) is 23.6 Å². The molecule has 1 N–H and O–H groups in total. The molecule has 92 valence electrons. The van der Waals surface area contributed by atoms with Crippen LogP contribution in [0.4, 0.5) is 0 Å². The first-order chi connectivity index (χ1) is 8.10. The Morgan fingerprint density at radius 2 is 2.24 bits per heavy atom. The van der Waals surface area contributed by atoms with Crippen LogP contribution >= 0.6 is 0 Å². The number of aliphatic hydroxyl groups excluding tert-OH is 1. The number of hydrogen-bond acceptors (Lipinski definition) is 3. The van der Waals surface area contributed by atoms with Crippen molar-refractivity contribution in [2.24, 2.45) is 7.05 Å². The smallest absolute Gasteiger partial charge is 0.133 e. The minimum Gasteiger partial charge on any atom is -0.464 e. The van der Waals surface area contributed by atoms with Crippen molar-refractivity contribution in [1.82, 2.24) is 9.78 Å². The second-order valence-corrected chi connectivity index (χ2v) is 4.27. The van der Waals surface area contributed by atoms with Crippen LogP contribution in [0.2, 0.25) is 0 Å². The van der Waals surface area contributed by atoms with Crippen LogP contribution in [-0.2, 0) is 19.9 Å². The minimum atomic E-state index is -0.608. The Bertz CT molecular complexity index is 499. The van der Waals surface area contributed by atoms with Crippen molar-refractivity contribution < 1.29 is 9.52 Å². The molecule has 0 aromatic carbocycles. The van der Waals surface area contributed by atoms with Gasteiger partial charge in [0, 0.05) is 19.2 Å². The molecule has 1 unspecified atom stereocenters. The van der Waals surface area contributed by atoms with Gasteiger partial charge in [0.05, 0.1) is 5.69 Å². The van der Waals surface area contributed by atoms with Gasteiger partial charge in [-0.15, -0.1) is 0 Å². The molecule has 0 radical (unpaired) electrons. The highest BCUT2D eigenvalue weighted by molar-refractivity contribution is 5.15. The average Bonchev–Trinajstić information content (AvgIpc) is 2.86. The highest BCUT2D eigenvalue weighted by Gasteiger charge is 2.15. The summed E-state index contributed by atoms with van der Waals surface area (Å²) in [5.74, 6) is 1.43. The quantitative estimate of drug-likeness (QED) is 0.882. The topological polar surface area (TPSA) is 51.2 Å². The molecule has 2 aromatic rings. The van der Waals surface area contributed by atoms with Crippen LogP contribution in [0, 0.1) is 6.92 Å². The van der Waals surface area contributed by atoms with Gasteiger partial charge in [0.15, 0.2) is 0 Å². The molecule has 2 aromatic heterocycles. The summed E-state index contributed by atoms with van der Waals surface area (Å²) in [5.41, 5.74) is 2.06. The summed E-state index contributed by atoms with van der Waals surface area (Å²) in [6.45, 7) is 3.94. The molecule has 1 atom stereocenters. The number of nitrogens with zero attached hydrogens (tertiary/aromatic N) is 2. The highest BCUT2D eigenvalue weighted by atomic mass is 16.4. The van der Waals surface area contributed by atoms with E-state index >= 15 is 0 Å². The van der Waals surface area contributed by atoms with Crippen molar-refractivity contribution in [3.8, 4) is 0 Å². The normalized spacial score (nSPS) is 12.9. The molecular formula is C13H18N2O2. The second-order valence-electron chi connectivity index (χ2n) is 4.27. The van der Waals surface area contributed by atoms with E-state index in [1.807, 2.05) is 36.9 Å². The third-order valence-corrected chi connectivity index (χ3v) is 2.88. The lowest BCUT2D eigenvalue weighted by molar-refractivity contribution is 0.146. The zero-order valence-corrected chi connectivity index (χ0v) is 10.5. The first-order valence-electron chi connectivity index (χ1n) is 5.86. The van der Waals surface area contributed by atoms with E-state index in [1.54, 1.807) is 0 Å². The van der Waals surface area contributed by atoms with Gasteiger partial charge in [0.1, 0.15) is 17.6 Å². The van der Waals surface area contributed by atoms with E-state index in [9.17, 15) is 5.11 Å². The van der Waals surface area contributed by atoms with Gasteiger partial charge in [-0.3, -0.25) is 4.68 Å². The van der Waals surface area contributed by atoms with Gasteiger partial charge < -0.3 is 9.52 Å². The standard InChI is InChI=1S/C13H18N2O2/c1-4-10-7-11(15(3)14-10)8-12(16)13-6-5-9(2)17-13/h5-7,12,16H,4,8H2,1-3H3. The Balaban J connectivity index is 2.12. The number of aryl methyl sites for hydroxylation is 3. The van der Waals surface area contributed by atoms with Crippen molar-refractivity contribution in [3.63, 3.8) is 0 Å². The number of aromatic nitrogens is 2. The molecule has 0 spiro atoms. The summed E-state index contributed by atoms with van der Waals surface area (Å²) < 4.78 is 7.23. The fourth-order valence-corrected chi connectivity index (χ4v) is 1.87. The zero-order chi connectivity index (χ0) is 12.4. The molecule has 0 aliphatic heterocycles. The number of rotatable bonds is 4. The van der Waals surface area contributed by atoms with E-state index in [1.165, 1.54) is 0 Å². The fourth-order valence-electron chi connectivity index (χ4n) is 1.87. The lowest BCUT2D eigenvalue weighted by Gasteiger charge is -2.07. The van der Waals surface area contributed by atoms with E-state index in [0.29, 0.717) is 12.2 Å². The Morgan fingerprint density at radius 3 is 2.76 bits per heavy atom. The fraction of sp³-hybridized carbons (Fsp3) is 0.462. The van der Waals surface area contributed by atoms with Crippen LogP contribution in [0.1, 0.15) is 35.9 Å². The molecule has 17 heavy (non-hydrogen) atoms. The molecule has 0 fully saturated rings.